The summed E-state index contributed by atoms with van der Waals surface area (Å²) >= 11 is 0. The van der Waals surface area contributed by atoms with E-state index in [1.807, 2.05) is 0 Å². The van der Waals surface area contributed by atoms with Crippen molar-refractivity contribution in [1.29, 1.82) is 0 Å². The number of anilines is 1. The minimum absolute atomic E-state index is 0.503. The van der Waals surface area contributed by atoms with E-state index in [1.165, 1.54) is 41.6 Å². The van der Waals surface area contributed by atoms with E-state index in [9.17, 15) is 0 Å². The number of hydrogen-bond donors (Lipinski definition) is 1. The molecule has 2 aromatic rings. The van der Waals surface area contributed by atoms with Gasteiger partial charge in [-0.1, -0.05) is 36.4 Å². The Morgan fingerprint density at radius 3 is 2.57 bits per heavy atom. The van der Waals surface area contributed by atoms with Gasteiger partial charge in [0.15, 0.2) is 0 Å². The van der Waals surface area contributed by atoms with E-state index in [4.69, 9.17) is 0 Å². The first-order valence-electron chi connectivity index (χ1n) is 7.81. The first kappa shape index (κ1) is 14.2. The summed E-state index contributed by atoms with van der Waals surface area (Å²) in [6, 6.07) is 18.2. The average molecular weight is 280 g/mol. The highest BCUT2D eigenvalue weighted by Gasteiger charge is 2.18. The SMILES string of the molecule is CN(C)c1ccc(CN[C@H]2CCCc3ccccc32)cc1. The van der Waals surface area contributed by atoms with E-state index < -0.39 is 0 Å². The van der Waals surface area contributed by atoms with E-state index in [2.05, 4.69) is 72.8 Å². The van der Waals surface area contributed by atoms with Crippen LogP contribution in [0.2, 0.25) is 0 Å². The van der Waals surface area contributed by atoms with Crippen molar-refractivity contribution >= 4 is 5.69 Å². The molecule has 0 amide bonds. The summed E-state index contributed by atoms with van der Waals surface area (Å²) in [4.78, 5) is 2.13. The van der Waals surface area contributed by atoms with Gasteiger partial charge >= 0.3 is 0 Å². The normalized spacial score (nSPS) is 17.3. The third-order valence-electron chi connectivity index (χ3n) is 4.37. The van der Waals surface area contributed by atoms with Crippen LogP contribution in [0.25, 0.3) is 0 Å². The Labute approximate surface area is 127 Å². The highest BCUT2D eigenvalue weighted by Crippen LogP contribution is 2.29. The van der Waals surface area contributed by atoms with Crippen molar-refractivity contribution < 1.29 is 0 Å². The maximum atomic E-state index is 3.73. The molecular formula is C19H24N2. The van der Waals surface area contributed by atoms with Crippen LogP contribution in [-0.2, 0) is 13.0 Å². The zero-order chi connectivity index (χ0) is 14.7. The Hall–Kier alpha value is -1.80. The van der Waals surface area contributed by atoms with E-state index in [0.29, 0.717) is 6.04 Å². The standard InChI is InChI=1S/C19H24N2/c1-21(2)17-12-10-15(11-13-17)14-20-19-9-5-7-16-6-3-4-8-18(16)19/h3-4,6,8,10-13,19-20H,5,7,9,14H2,1-2H3/t19-/m0/s1. The van der Waals surface area contributed by atoms with Gasteiger partial charge in [0, 0.05) is 32.4 Å². The van der Waals surface area contributed by atoms with Crippen LogP contribution in [0.1, 0.15) is 35.6 Å². The van der Waals surface area contributed by atoms with Crippen molar-refractivity contribution in [3.05, 3.63) is 65.2 Å². The number of aryl methyl sites for hydroxylation is 1. The van der Waals surface area contributed by atoms with Crippen LogP contribution in [0.15, 0.2) is 48.5 Å². The maximum absolute atomic E-state index is 3.73. The molecule has 2 heteroatoms. The second-order valence-electron chi connectivity index (χ2n) is 6.09. The number of nitrogens with zero attached hydrogens (tertiary/aromatic N) is 1. The molecule has 0 unspecified atom stereocenters. The minimum Gasteiger partial charge on any atom is -0.378 e. The lowest BCUT2D eigenvalue weighted by Gasteiger charge is -2.26. The predicted molar refractivity (Wildman–Crippen MR) is 89.7 cm³/mol. The van der Waals surface area contributed by atoms with Gasteiger partial charge in [-0.15, -0.1) is 0 Å². The first-order chi connectivity index (χ1) is 10.2. The van der Waals surface area contributed by atoms with E-state index in [-0.39, 0.29) is 0 Å². The third kappa shape index (κ3) is 3.27. The van der Waals surface area contributed by atoms with Crippen LogP contribution >= 0.6 is 0 Å². The van der Waals surface area contributed by atoms with Crippen molar-refractivity contribution in [2.45, 2.75) is 31.8 Å². The summed E-state index contributed by atoms with van der Waals surface area (Å²) in [6.45, 7) is 0.937. The van der Waals surface area contributed by atoms with Crippen LogP contribution in [0.3, 0.4) is 0 Å². The van der Waals surface area contributed by atoms with E-state index in [1.54, 1.807) is 0 Å². The molecule has 0 radical (unpaired) electrons. The molecule has 1 aliphatic carbocycles. The van der Waals surface area contributed by atoms with E-state index >= 15 is 0 Å². The fraction of sp³-hybridized carbons (Fsp3) is 0.368. The van der Waals surface area contributed by atoms with Gasteiger partial charge in [0.25, 0.3) is 0 Å². The molecule has 0 spiro atoms. The van der Waals surface area contributed by atoms with Crippen molar-refractivity contribution in [2.24, 2.45) is 0 Å². The molecule has 110 valence electrons. The molecule has 3 rings (SSSR count). The van der Waals surface area contributed by atoms with Gasteiger partial charge in [-0.2, -0.15) is 0 Å². The number of rotatable bonds is 4. The lowest BCUT2D eigenvalue weighted by Crippen LogP contribution is -2.24. The Bertz CT molecular complexity index is 587. The number of hydrogen-bond acceptors (Lipinski definition) is 2. The van der Waals surface area contributed by atoms with Gasteiger partial charge in [0.05, 0.1) is 0 Å². The molecule has 2 nitrogen and oxygen atoms in total. The summed E-state index contributed by atoms with van der Waals surface area (Å²) in [5.74, 6) is 0. The average Bonchev–Trinajstić information content (AvgIpc) is 2.53. The summed E-state index contributed by atoms with van der Waals surface area (Å²) in [5, 5.41) is 3.73. The van der Waals surface area contributed by atoms with Gasteiger partial charge in [0.1, 0.15) is 0 Å². The highest BCUT2D eigenvalue weighted by molar-refractivity contribution is 5.46. The van der Waals surface area contributed by atoms with E-state index in [0.717, 1.165) is 6.54 Å². The first-order valence-corrected chi connectivity index (χ1v) is 7.81. The van der Waals surface area contributed by atoms with Crippen molar-refractivity contribution in [2.75, 3.05) is 19.0 Å². The van der Waals surface area contributed by atoms with Crippen LogP contribution in [-0.4, -0.2) is 14.1 Å². The van der Waals surface area contributed by atoms with Crippen molar-refractivity contribution in [1.82, 2.24) is 5.32 Å². The maximum Gasteiger partial charge on any atom is 0.0361 e. The molecule has 2 aromatic carbocycles. The molecule has 0 bridgehead atoms. The second kappa shape index (κ2) is 6.31. The van der Waals surface area contributed by atoms with Crippen LogP contribution in [0.5, 0.6) is 0 Å². The lowest BCUT2D eigenvalue weighted by atomic mass is 9.87. The molecule has 0 aromatic heterocycles. The quantitative estimate of drug-likeness (QED) is 0.913. The predicted octanol–water partition coefficient (Wildman–Crippen LogP) is 3.92. The smallest absolute Gasteiger partial charge is 0.0361 e. The molecule has 21 heavy (non-hydrogen) atoms. The van der Waals surface area contributed by atoms with Crippen molar-refractivity contribution in [3.63, 3.8) is 0 Å². The molecule has 0 aliphatic heterocycles. The fourth-order valence-corrected chi connectivity index (χ4v) is 3.12. The monoisotopic (exact) mass is 280 g/mol. The zero-order valence-corrected chi connectivity index (χ0v) is 13.0. The Kier molecular flexibility index (Phi) is 4.26. The molecule has 0 saturated heterocycles. The topological polar surface area (TPSA) is 15.3 Å². The molecule has 1 atom stereocenters. The molecule has 1 aliphatic rings. The molecule has 0 fully saturated rings. The molecular weight excluding hydrogens is 256 g/mol. The Balaban J connectivity index is 1.66. The van der Waals surface area contributed by atoms with Gasteiger partial charge < -0.3 is 10.2 Å². The molecule has 0 heterocycles. The number of fused-ring (bicyclic) bond motifs is 1. The van der Waals surface area contributed by atoms with Crippen LogP contribution in [0.4, 0.5) is 5.69 Å². The fourth-order valence-electron chi connectivity index (χ4n) is 3.12. The Morgan fingerprint density at radius 2 is 1.81 bits per heavy atom. The van der Waals surface area contributed by atoms with Gasteiger partial charge in [-0.3, -0.25) is 0 Å². The lowest BCUT2D eigenvalue weighted by molar-refractivity contribution is 0.459. The Morgan fingerprint density at radius 1 is 1.05 bits per heavy atom. The highest BCUT2D eigenvalue weighted by atomic mass is 15.1. The van der Waals surface area contributed by atoms with Gasteiger partial charge in [-0.05, 0) is 48.1 Å². The van der Waals surface area contributed by atoms with Gasteiger partial charge in [0.2, 0.25) is 0 Å². The summed E-state index contributed by atoms with van der Waals surface area (Å²) in [7, 11) is 4.15. The minimum atomic E-state index is 0.503. The zero-order valence-electron chi connectivity index (χ0n) is 13.0. The third-order valence-corrected chi connectivity index (χ3v) is 4.37. The molecule has 0 saturated carbocycles. The summed E-state index contributed by atoms with van der Waals surface area (Å²) in [6.07, 6.45) is 3.76. The van der Waals surface area contributed by atoms with Crippen molar-refractivity contribution in [3.8, 4) is 0 Å². The number of nitrogens with one attached hydrogen (secondary N) is 1. The van der Waals surface area contributed by atoms with Crippen LogP contribution in [0, 0.1) is 0 Å². The second-order valence-corrected chi connectivity index (χ2v) is 6.09. The summed E-state index contributed by atoms with van der Waals surface area (Å²) < 4.78 is 0. The summed E-state index contributed by atoms with van der Waals surface area (Å²) in [5.41, 5.74) is 5.61. The largest absolute Gasteiger partial charge is 0.378 e. The molecule has 1 N–H and O–H groups in total. The van der Waals surface area contributed by atoms with Gasteiger partial charge in [-0.25, -0.2) is 0 Å². The van der Waals surface area contributed by atoms with Crippen LogP contribution < -0.4 is 10.2 Å². The number of benzene rings is 2.